The molecule has 5 aromatic rings. The molecule has 2 aliphatic heterocycles. The molecular formula is C58H64Cl4N6O9S2. The van der Waals surface area contributed by atoms with E-state index in [0.717, 1.165) is 34.3 Å². The van der Waals surface area contributed by atoms with Gasteiger partial charge in [-0.2, -0.15) is 5.26 Å². The van der Waals surface area contributed by atoms with Crippen LogP contribution in [-0.2, 0) is 25.5 Å². The van der Waals surface area contributed by atoms with Crippen LogP contribution in [0.1, 0.15) is 129 Å². The lowest BCUT2D eigenvalue weighted by molar-refractivity contribution is -0.146. The van der Waals surface area contributed by atoms with E-state index in [1.807, 2.05) is 31.4 Å². The van der Waals surface area contributed by atoms with Crippen molar-refractivity contribution in [3.8, 4) is 16.7 Å². The number of esters is 2. The first-order valence-corrected chi connectivity index (χ1v) is 28.9. The molecule has 15 nitrogen and oxygen atoms in total. The Morgan fingerprint density at radius 2 is 1.16 bits per heavy atom. The Morgan fingerprint density at radius 3 is 1.61 bits per heavy atom. The van der Waals surface area contributed by atoms with Gasteiger partial charge in [-0.25, -0.2) is 4.98 Å². The number of nitrogens with zero attached hydrogens (tertiary/aromatic N) is 4. The fourth-order valence-corrected chi connectivity index (χ4v) is 11.4. The van der Waals surface area contributed by atoms with Gasteiger partial charge in [-0.05, 0) is 117 Å². The van der Waals surface area contributed by atoms with E-state index in [-0.39, 0.29) is 59.1 Å². The molecule has 0 bridgehead atoms. The maximum Gasteiger partial charge on any atom is 0.310 e. The van der Waals surface area contributed by atoms with Crippen molar-refractivity contribution >= 4 is 116 Å². The molecule has 7 rings (SSSR count). The van der Waals surface area contributed by atoms with Crippen LogP contribution in [0, 0.1) is 34.3 Å². The van der Waals surface area contributed by atoms with Crippen LogP contribution in [0.5, 0.6) is 0 Å². The second-order valence-electron chi connectivity index (χ2n) is 19.5. The van der Waals surface area contributed by atoms with Crippen molar-refractivity contribution in [1.82, 2.24) is 14.8 Å². The highest BCUT2D eigenvalue weighted by Gasteiger charge is 2.36. The molecule has 0 fully saturated rings. The number of nitriles is 1. The van der Waals surface area contributed by atoms with E-state index in [1.165, 1.54) is 24.0 Å². The van der Waals surface area contributed by atoms with Crippen LogP contribution < -0.4 is 11.1 Å². The summed E-state index contributed by atoms with van der Waals surface area (Å²) in [5, 5.41) is 16.2. The average molecular weight is 1200 g/mol. The third kappa shape index (κ3) is 17.6. The molecule has 4 amide bonds. The minimum Gasteiger partial charge on any atom is -0.469 e. The average Bonchev–Trinajstić information content (AvgIpc) is 4.10. The first kappa shape index (κ1) is 64.0. The number of aromatic nitrogens is 1. The topological polar surface area (TPSA) is 219 Å². The fourth-order valence-electron chi connectivity index (χ4n) is 8.73. The van der Waals surface area contributed by atoms with Gasteiger partial charge in [0, 0.05) is 42.2 Å². The van der Waals surface area contributed by atoms with Crippen molar-refractivity contribution in [2.75, 3.05) is 45.7 Å². The van der Waals surface area contributed by atoms with Crippen molar-refractivity contribution in [2.45, 2.75) is 84.3 Å². The minimum atomic E-state index is -0.400. The van der Waals surface area contributed by atoms with E-state index in [4.69, 9.17) is 67.1 Å². The quantitative estimate of drug-likeness (QED) is 0.0193. The van der Waals surface area contributed by atoms with Gasteiger partial charge in [-0.3, -0.25) is 43.4 Å². The van der Waals surface area contributed by atoms with Gasteiger partial charge in [0.15, 0.2) is 10.9 Å². The summed E-state index contributed by atoms with van der Waals surface area (Å²) in [7, 11) is 2.71. The zero-order chi connectivity index (χ0) is 57.9. The van der Waals surface area contributed by atoms with Crippen LogP contribution in [0.2, 0.25) is 20.1 Å². The molecule has 21 heteroatoms. The Hall–Kier alpha value is -5.84. The van der Waals surface area contributed by atoms with Gasteiger partial charge < -0.3 is 20.5 Å². The molecule has 3 unspecified atom stereocenters. The molecule has 3 atom stereocenters. The molecule has 4 aromatic carbocycles. The number of halogens is 4. The van der Waals surface area contributed by atoms with Crippen molar-refractivity contribution in [2.24, 2.45) is 29.4 Å². The van der Waals surface area contributed by atoms with Gasteiger partial charge in [-0.1, -0.05) is 117 Å². The largest absolute Gasteiger partial charge is 0.469 e. The highest BCUT2D eigenvalue weighted by molar-refractivity contribution is 8.05. The normalized spacial score (nSPS) is 13.7. The summed E-state index contributed by atoms with van der Waals surface area (Å²) >= 11 is 26.6. The van der Waals surface area contributed by atoms with Crippen molar-refractivity contribution in [3.63, 3.8) is 0 Å². The van der Waals surface area contributed by atoms with Crippen LogP contribution in [0.3, 0.4) is 0 Å². The van der Waals surface area contributed by atoms with Gasteiger partial charge >= 0.3 is 11.9 Å². The van der Waals surface area contributed by atoms with Crippen LogP contribution in [0.15, 0.2) is 84.9 Å². The van der Waals surface area contributed by atoms with Gasteiger partial charge in [0.05, 0.1) is 79.3 Å². The van der Waals surface area contributed by atoms with E-state index >= 15 is 0 Å². The van der Waals surface area contributed by atoms with Crippen LogP contribution >= 0.6 is 69.5 Å². The number of nitrogens with two attached hydrogens (primary N) is 1. The molecule has 2 aliphatic rings. The maximum atomic E-state index is 12.6. The summed E-state index contributed by atoms with van der Waals surface area (Å²) in [5.74, 6) is -1.67. The number of thioether (sulfide) groups is 1. The van der Waals surface area contributed by atoms with Crippen LogP contribution in [-0.4, -0.2) is 102 Å². The lowest BCUT2D eigenvalue weighted by Gasteiger charge is -2.17. The number of anilines is 1. The van der Waals surface area contributed by atoms with E-state index in [1.54, 1.807) is 84.1 Å². The number of hydrogen-bond acceptors (Lipinski definition) is 15. The monoisotopic (exact) mass is 1190 g/mol. The summed E-state index contributed by atoms with van der Waals surface area (Å²) in [4.78, 5) is 94.2. The fraction of sp³-hybridized carbons (Fsp3) is 0.397. The van der Waals surface area contributed by atoms with E-state index in [0.29, 0.717) is 129 Å². The highest BCUT2D eigenvalue weighted by atomic mass is 35.5. The summed E-state index contributed by atoms with van der Waals surface area (Å²) < 4.78 is 9.71. The minimum absolute atomic E-state index is 0.0752. The summed E-state index contributed by atoms with van der Waals surface area (Å²) in [5.41, 5.74) is 9.59. The molecule has 79 heavy (non-hydrogen) atoms. The molecule has 0 spiro atoms. The lowest BCUT2D eigenvalue weighted by Crippen LogP contribution is -2.31. The summed E-state index contributed by atoms with van der Waals surface area (Å²) in [6.07, 6.45) is 5.24. The molecule has 0 saturated carbocycles. The number of thiocyanates is 1. The number of benzene rings is 4. The predicted molar refractivity (Wildman–Crippen MR) is 313 cm³/mol. The molecular weight excluding hydrogens is 1130 g/mol. The van der Waals surface area contributed by atoms with Crippen molar-refractivity contribution in [1.29, 1.82) is 5.26 Å². The molecule has 0 radical (unpaired) electrons. The molecule has 0 saturated heterocycles. The number of ketones is 1. The second kappa shape index (κ2) is 31.2. The Morgan fingerprint density at radius 1 is 0.684 bits per heavy atom. The number of imide groups is 2. The van der Waals surface area contributed by atoms with Gasteiger partial charge in [0.2, 0.25) is 0 Å². The van der Waals surface area contributed by atoms with Gasteiger partial charge in [0.25, 0.3) is 23.6 Å². The van der Waals surface area contributed by atoms with Gasteiger partial charge in [-0.15, -0.1) is 11.3 Å². The Balaban J connectivity index is 0.000000242. The number of ether oxygens (including phenoxy) is 2. The number of hydrogen-bond donors (Lipinski definition) is 2. The Labute approximate surface area is 489 Å². The van der Waals surface area contributed by atoms with E-state index < -0.39 is 5.92 Å². The third-order valence-corrected chi connectivity index (χ3v) is 16.1. The van der Waals surface area contributed by atoms with Crippen LogP contribution in [0.25, 0.3) is 11.3 Å². The Bertz CT molecular complexity index is 2970. The van der Waals surface area contributed by atoms with Crippen LogP contribution in [0.4, 0.5) is 5.13 Å². The highest BCUT2D eigenvalue weighted by Crippen LogP contribution is 2.36. The third-order valence-electron chi connectivity index (χ3n) is 12.8. The van der Waals surface area contributed by atoms with E-state index in [9.17, 15) is 33.6 Å². The number of rotatable bonds is 24. The number of carbonyl (C=O) groups excluding carboxylic acids is 7. The van der Waals surface area contributed by atoms with Crippen molar-refractivity contribution < 1.29 is 43.0 Å². The molecule has 3 heterocycles. The summed E-state index contributed by atoms with van der Waals surface area (Å²) in [6, 6.07) is 24.0. The number of nitrogens with one attached hydrogen (secondary N) is 1. The molecule has 0 aliphatic carbocycles. The molecule has 3 N–H and O–H groups in total. The molecule has 420 valence electrons. The SMILES string of the molecule is CC(C)CC(SC#N)C(=O)c1ccc(Cl)c(Cl)c1.COC(=O)C(CCCCN1C(=O)c2ccccc2C1=O)CNc1nc(-c2ccc(Cl)c(Cl)c2)c(CC(C)C)s1.COC(=O)C(CN)CCCCN1C(=O)c2ccccc2C1=O. The number of Topliss-reactive ketones (excluding diaryl/α,β-unsaturated/α-hetero) is 1. The number of unbranched alkanes of at least 4 members (excludes halogenated alkanes) is 2. The van der Waals surface area contributed by atoms with Crippen molar-refractivity contribution in [3.05, 3.63) is 138 Å². The number of methoxy groups -OCH3 is 2. The van der Waals surface area contributed by atoms with Gasteiger partial charge in [0.1, 0.15) is 5.40 Å². The van der Waals surface area contributed by atoms with E-state index in [2.05, 4.69) is 23.9 Å². The number of carbonyl (C=O) groups is 7. The zero-order valence-electron chi connectivity index (χ0n) is 44.8. The zero-order valence-corrected chi connectivity index (χ0v) is 49.5. The number of amides is 4. The predicted octanol–water partition coefficient (Wildman–Crippen LogP) is 13.0. The smallest absolute Gasteiger partial charge is 0.310 e. The Kier molecular flexibility index (Phi) is 25.3. The lowest BCUT2D eigenvalue weighted by atomic mass is 10.0. The first-order chi connectivity index (χ1) is 37.7. The second-order valence-corrected chi connectivity index (χ2v) is 23.2. The number of fused-ring (bicyclic) bond motifs is 2. The standard InChI is InChI=1S/C29H31Cl2N3O4S.C16H20N2O4.C13H13Cl2NOS/c1-17(2)14-24-25(18-11-12-22(30)23(31)15-18)33-29(39-24)32-16-19(28(37)38-3)8-6-7-13-34-26(35)20-9-4-5-10-21(20)27(34)36;1-22-16(21)11(10-17)6-4-5-9-18-14(19)12-7-2-3-8-13(12)15(18)20;1-8(2)5-12(18-7-16)13(17)9-3-4-10(14)11(15)6-9/h4-5,9-12,15,17,19H,6-8,13-14,16H2,1-3H3,(H,32,33);2-3,7-8,11H,4-6,9-10,17H2,1H3;3-4,6,8,12H,5H2,1-2H3. The molecule has 1 aromatic heterocycles. The number of thiazole rings is 1. The first-order valence-electron chi connectivity index (χ1n) is 25.7. The summed E-state index contributed by atoms with van der Waals surface area (Å²) in [6.45, 7) is 9.60. The maximum absolute atomic E-state index is 12.6.